The molecule has 6 heteroatoms. The second-order valence-electron chi connectivity index (χ2n) is 5.71. The standard InChI is InChI=1S/C13H29N3O2S/c1-5-12(2)11-16(4)19(17,18)15(3)10-6-9-14-13-7-8-13/h12-14H,5-11H2,1-4H3. The van der Waals surface area contributed by atoms with Crippen molar-refractivity contribution in [2.24, 2.45) is 5.92 Å². The molecule has 0 heterocycles. The second kappa shape index (κ2) is 7.57. The maximum absolute atomic E-state index is 12.3. The summed E-state index contributed by atoms with van der Waals surface area (Å²) in [6.07, 6.45) is 4.40. The van der Waals surface area contributed by atoms with E-state index in [4.69, 9.17) is 0 Å². The first kappa shape index (κ1) is 16.9. The normalized spacial score (nSPS) is 18.2. The van der Waals surface area contributed by atoms with Crippen molar-refractivity contribution < 1.29 is 8.42 Å². The highest BCUT2D eigenvalue weighted by molar-refractivity contribution is 7.86. The minimum atomic E-state index is -3.29. The average molecular weight is 291 g/mol. The van der Waals surface area contributed by atoms with Crippen molar-refractivity contribution in [3.05, 3.63) is 0 Å². The van der Waals surface area contributed by atoms with Gasteiger partial charge in [-0.05, 0) is 31.7 Å². The monoisotopic (exact) mass is 291 g/mol. The van der Waals surface area contributed by atoms with E-state index in [1.54, 1.807) is 14.1 Å². The molecule has 0 aliphatic heterocycles. The predicted molar refractivity (Wildman–Crippen MR) is 79.3 cm³/mol. The smallest absolute Gasteiger partial charge is 0.281 e. The molecule has 5 nitrogen and oxygen atoms in total. The van der Waals surface area contributed by atoms with Gasteiger partial charge in [0.15, 0.2) is 0 Å². The van der Waals surface area contributed by atoms with E-state index < -0.39 is 10.2 Å². The molecule has 1 unspecified atom stereocenters. The van der Waals surface area contributed by atoms with Gasteiger partial charge in [-0.15, -0.1) is 0 Å². The van der Waals surface area contributed by atoms with Crippen molar-refractivity contribution in [1.82, 2.24) is 13.9 Å². The minimum absolute atomic E-state index is 0.393. The predicted octanol–water partition coefficient (Wildman–Crippen LogP) is 1.28. The Bertz CT molecular complexity index is 355. The number of nitrogens with zero attached hydrogens (tertiary/aromatic N) is 2. The lowest BCUT2D eigenvalue weighted by molar-refractivity contribution is 0.351. The zero-order chi connectivity index (χ0) is 14.5. The van der Waals surface area contributed by atoms with E-state index in [-0.39, 0.29) is 0 Å². The molecule has 0 saturated heterocycles. The van der Waals surface area contributed by atoms with Gasteiger partial charge in [-0.3, -0.25) is 0 Å². The minimum Gasteiger partial charge on any atom is -0.314 e. The summed E-state index contributed by atoms with van der Waals surface area (Å²) in [6.45, 7) is 6.22. The topological polar surface area (TPSA) is 52.7 Å². The van der Waals surface area contributed by atoms with E-state index in [0.29, 0.717) is 25.0 Å². The van der Waals surface area contributed by atoms with E-state index in [2.05, 4.69) is 19.2 Å². The Hall–Kier alpha value is -0.170. The fourth-order valence-corrected chi connectivity index (χ4v) is 3.19. The summed E-state index contributed by atoms with van der Waals surface area (Å²) in [4.78, 5) is 0. The van der Waals surface area contributed by atoms with Crippen molar-refractivity contribution in [2.45, 2.75) is 45.6 Å². The third-order valence-electron chi connectivity index (χ3n) is 3.71. The molecule has 0 aromatic carbocycles. The summed E-state index contributed by atoms with van der Waals surface area (Å²) in [7, 11) is 0.0430. The first-order valence-electron chi connectivity index (χ1n) is 7.29. The molecule has 0 amide bonds. The van der Waals surface area contributed by atoms with E-state index in [9.17, 15) is 8.42 Å². The number of nitrogens with one attached hydrogen (secondary N) is 1. The molecule has 1 aliphatic rings. The fourth-order valence-electron chi connectivity index (χ4n) is 1.91. The van der Waals surface area contributed by atoms with Crippen LogP contribution in [-0.2, 0) is 10.2 Å². The Balaban J connectivity index is 2.31. The van der Waals surface area contributed by atoms with E-state index in [1.807, 2.05) is 0 Å². The van der Waals surface area contributed by atoms with E-state index >= 15 is 0 Å². The van der Waals surface area contributed by atoms with Crippen LogP contribution in [0.5, 0.6) is 0 Å². The van der Waals surface area contributed by atoms with Gasteiger partial charge in [0, 0.05) is 33.2 Å². The van der Waals surface area contributed by atoms with Crippen LogP contribution < -0.4 is 5.32 Å². The van der Waals surface area contributed by atoms with Gasteiger partial charge >= 0.3 is 0 Å². The summed E-state index contributed by atoms with van der Waals surface area (Å²) in [5.74, 6) is 0.393. The van der Waals surface area contributed by atoms with Crippen LogP contribution in [0, 0.1) is 5.92 Å². The molecular weight excluding hydrogens is 262 g/mol. The van der Waals surface area contributed by atoms with Gasteiger partial charge in [0.25, 0.3) is 10.2 Å². The van der Waals surface area contributed by atoms with Crippen LogP contribution in [0.3, 0.4) is 0 Å². The van der Waals surface area contributed by atoms with Crippen molar-refractivity contribution in [2.75, 3.05) is 33.7 Å². The van der Waals surface area contributed by atoms with Crippen LogP contribution in [0.25, 0.3) is 0 Å². The highest BCUT2D eigenvalue weighted by Crippen LogP contribution is 2.18. The van der Waals surface area contributed by atoms with Gasteiger partial charge in [-0.25, -0.2) is 0 Å². The zero-order valence-corrected chi connectivity index (χ0v) is 13.5. The maximum atomic E-state index is 12.3. The van der Waals surface area contributed by atoms with Gasteiger partial charge < -0.3 is 5.32 Å². The summed E-state index contributed by atoms with van der Waals surface area (Å²) < 4.78 is 27.4. The van der Waals surface area contributed by atoms with Crippen molar-refractivity contribution in [1.29, 1.82) is 0 Å². The largest absolute Gasteiger partial charge is 0.314 e. The van der Waals surface area contributed by atoms with Gasteiger partial charge in [0.2, 0.25) is 0 Å². The maximum Gasteiger partial charge on any atom is 0.281 e. The fraction of sp³-hybridized carbons (Fsp3) is 1.00. The second-order valence-corrected chi connectivity index (χ2v) is 7.85. The molecule has 1 saturated carbocycles. The first-order valence-corrected chi connectivity index (χ1v) is 8.68. The van der Waals surface area contributed by atoms with Crippen molar-refractivity contribution in [3.8, 4) is 0 Å². The molecule has 0 aromatic rings. The number of hydrogen-bond acceptors (Lipinski definition) is 3. The van der Waals surface area contributed by atoms with Gasteiger partial charge in [0.05, 0.1) is 0 Å². The summed E-state index contributed by atoms with van der Waals surface area (Å²) in [5.41, 5.74) is 0. The summed E-state index contributed by atoms with van der Waals surface area (Å²) >= 11 is 0. The average Bonchev–Trinajstić information content (AvgIpc) is 3.17. The third kappa shape index (κ3) is 5.77. The zero-order valence-electron chi connectivity index (χ0n) is 12.7. The highest BCUT2D eigenvalue weighted by atomic mass is 32.2. The Morgan fingerprint density at radius 3 is 2.42 bits per heavy atom. The Morgan fingerprint density at radius 2 is 1.89 bits per heavy atom. The Morgan fingerprint density at radius 1 is 1.26 bits per heavy atom. The molecular formula is C13H29N3O2S. The third-order valence-corrected chi connectivity index (χ3v) is 5.62. The van der Waals surface area contributed by atoms with Gasteiger partial charge in [-0.2, -0.15) is 17.0 Å². The quantitative estimate of drug-likeness (QED) is 0.617. The molecule has 114 valence electrons. The lowest BCUT2D eigenvalue weighted by Crippen LogP contribution is -2.42. The SMILES string of the molecule is CCC(C)CN(C)S(=O)(=O)N(C)CCCNC1CC1. The van der Waals surface area contributed by atoms with E-state index in [0.717, 1.165) is 19.4 Å². The van der Waals surface area contributed by atoms with Crippen molar-refractivity contribution >= 4 is 10.2 Å². The molecule has 1 fully saturated rings. The van der Waals surface area contributed by atoms with Crippen LogP contribution >= 0.6 is 0 Å². The molecule has 1 N–H and O–H groups in total. The van der Waals surface area contributed by atoms with Crippen LogP contribution in [0.2, 0.25) is 0 Å². The Kier molecular flexibility index (Phi) is 6.73. The summed E-state index contributed by atoms with van der Waals surface area (Å²) in [6, 6.07) is 0.690. The van der Waals surface area contributed by atoms with Crippen LogP contribution in [0.15, 0.2) is 0 Å². The lowest BCUT2D eigenvalue weighted by Gasteiger charge is -2.26. The number of hydrogen-bond donors (Lipinski definition) is 1. The molecule has 0 bridgehead atoms. The molecule has 1 rings (SSSR count). The molecule has 1 atom stereocenters. The molecule has 1 aliphatic carbocycles. The van der Waals surface area contributed by atoms with Crippen LogP contribution in [-0.4, -0.2) is 56.8 Å². The molecule has 0 aromatic heterocycles. The highest BCUT2D eigenvalue weighted by Gasteiger charge is 2.24. The van der Waals surface area contributed by atoms with Crippen LogP contribution in [0.4, 0.5) is 0 Å². The van der Waals surface area contributed by atoms with Gasteiger partial charge in [0.1, 0.15) is 0 Å². The van der Waals surface area contributed by atoms with E-state index in [1.165, 1.54) is 21.5 Å². The summed E-state index contributed by atoms with van der Waals surface area (Å²) in [5, 5.41) is 3.40. The molecule has 19 heavy (non-hydrogen) atoms. The van der Waals surface area contributed by atoms with Crippen LogP contribution in [0.1, 0.15) is 39.5 Å². The molecule has 0 radical (unpaired) electrons. The molecule has 0 spiro atoms. The number of rotatable bonds is 10. The lowest BCUT2D eigenvalue weighted by atomic mass is 10.1. The first-order chi connectivity index (χ1) is 8.87. The van der Waals surface area contributed by atoms with Crippen molar-refractivity contribution in [3.63, 3.8) is 0 Å². The van der Waals surface area contributed by atoms with Gasteiger partial charge in [-0.1, -0.05) is 20.3 Å². The Labute approximate surface area is 118 Å².